The first kappa shape index (κ1) is 20.3. The molecule has 0 saturated carbocycles. The number of aryl methyl sites for hydroxylation is 1. The standard InChI is InChI=1S/C22H25N5O2/c1-4-26(5-2)18-6-7-19(16(3)14-18)24-21(28)15-27-22(29)9-8-20(25-27)17-10-12-23-13-11-17/h6-14H,4-5,15H2,1-3H3,(H,24,28). The SMILES string of the molecule is CCN(CC)c1ccc(NC(=O)Cn2nc(-c3ccncc3)ccc2=O)c(C)c1. The minimum Gasteiger partial charge on any atom is -0.372 e. The molecule has 3 rings (SSSR count). The second-order valence-electron chi connectivity index (χ2n) is 6.67. The molecule has 1 N–H and O–H groups in total. The van der Waals surface area contributed by atoms with Crippen molar-refractivity contribution in [3.8, 4) is 11.3 Å². The molecular weight excluding hydrogens is 366 g/mol. The molecule has 7 nitrogen and oxygen atoms in total. The molecule has 2 aromatic heterocycles. The number of pyridine rings is 1. The lowest BCUT2D eigenvalue weighted by atomic mass is 10.1. The average molecular weight is 391 g/mol. The molecule has 0 spiro atoms. The molecule has 0 radical (unpaired) electrons. The van der Waals surface area contributed by atoms with Crippen LogP contribution in [0.15, 0.2) is 59.7 Å². The van der Waals surface area contributed by atoms with Crippen molar-refractivity contribution in [3.05, 3.63) is 70.8 Å². The maximum Gasteiger partial charge on any atom is 0.267 e. The van der Waals surface area contributed by atoms with E-state index in [-0.39, 0.29) is 18.0 Å². The first-order chi connectivity index (χ1) is 14.0. The first-order valence-electron chi connectivity index (χ1n) is 9.65. The predicted octanol–water partition coefficient (Wildman–Crippen LogP) is 3.10. The van der Waals surface area contributed by atoms with Crippen molar-refractivity contribution in [2.45, 2.75) is 27.3 Å². The minimum atomic E-state index is -0.327. The number of rotatable bonds is 7. The van der Waals surface area contributed by atoms with Gasteiger partial charge in [-0.2, -0.15) is 5.10 Å². The van der Waals surface area contributed by atoms with Crippen molar-refractivity contribution in [3.63, 3.8) is 0 Å². The highest BCUT2D eigenvalue weighted by atomic mass is 16.2. The molecule has 0 aliphatic heterocycles. The van der Waals surface area contributed by atoms with Gasteiger partial charge in [0, 0.05) is 48.5 Å². The maximum atomic E-state index is 12.5. The van der Waals surface area contributed by atoms with Crippen molar-refractivity contribution < 1.29 is 4.79 Å². The summed E-state index contributed by atoms with van der Waals surface area (Å²) in [6.07, 6.45) is 3.31. The molecule has 0 saturated heterocycles. The molecular formula is C22H25N5O2. The highest BCUT2D eigenvalue weighted by Gasteiger charge is 2.11. The summed E-state index contributed by atoms with van der Waals surface area (Å²) in [7, 11) is 0. The van der Waals surface area contributed by atoms with Gasteiger partial charge in [-0.05, 0) is 62.7 Å². The van der Waals surface area contributed by atoms with E-state index in [1.165, 1.54) is 10.7 Å². The summed E-state index contributed by atoms with van der Waals surface area (Å²) in [5.41, 5.74) is 3.93. The van der Waals surface area contributed by atoms with Gasteiger partial charge in [-0.25, -0.2) is 4.68 Å². The highest BCUT2D eigenvalue weighted by molar-refractivity contribution is 5.91. The van der Waals surface area contributed by atoms with E-state index in [0.29, 0.717) is 5.69 Å². The van der Waals surface area contributed by atoms with E-state index in [0.717, 1.165) is 35.6 Å². The number of carbonyl (C=O) groups is 1. The Kier molecular flexibility index (Phi) is 6.39. The summed E-state index contributed by atoms with van der Waals surface area (Å²) in [5, 5.41) is 7.20. The van der Waals surface area contributed by atoms with E-state index >= 15 is 0 Å². The number of benzene rings is 1. The Labute approximate surface area is 170 Å². The fourth-order valence-corrected chi connectivity index (χ4v) is 3.14. The van der Waals surface area contributed by atoms with Gasteiger partial charge in [0.1, 0.15) is 6.54 Å². The van der Waals surface area contributed by atoms with Crippen LogP contribution in [0.25, 0.3) is 11.3 Å². The van der Waals surface area contributed by atoms with Crippen molar-refractivity contribution in [2.75, 3.05) is 23.3 Å². The first-order valence-corrected chi connectivity index (χ1v) is 9.65. The van der Waals surface area contributed by atoms with Crippen LogP contribution in [0.5, 0.6) is 0 Å². The number of amides is 1. The number of anilines is 2. The quantitative estimate of drug-likeness (QED) is 0.669. The fraction of sp³-hybridized carbons (Fsp3) is 0.273. The Morgan fingerprint density at radius 1 is 1.07 bits per heavy atom. The summed E-state index contributed by atoms with van der Waals surface area (Å²) in [6, 6.07) is 12.6. The third kappa shape index (κ3) is 4.87. The summed E-state index contributed by atoms with van der Waals surface area (Å²) in [6.45, 7) is 7.86. The van der Waals surface area contributed by atoms with Crippen LogP contribution in [0, 0.1) is 6.92 Å². The zero-order valence-electron chi connectivity index (χ0n) is 16.9. The van der Waals surface area contributed by atoms with Crippen LogP contribution in [0.1, 0.15) is 19.4 Å². The number of hydrogen-bond acceptors (Lipinski definition) is 5. The van der Waals surface area contributed by atoms with Gasteiger partial charge in [0.15, 0.2) is 0 Å². The molecule has 1 amide bonds. The Hall–Kier alpha value is -3.48. The molecule has 1 aromatic carbocycles. The fourth-order valence-electron chi connectivity index (χ4n) is 3.14. The van der Waals surface area contributed by atoms with E-state index in [4.69, 9.17) is 0 Å². The van der Waals surface area contributed by atoms with Crippen LogP contribution < -0.4 is 15.8 Å². The van der Waals surface area contributed by atoms with Gasteiger partial charge in [-0.1, -0.05) is 0 Å². The van der Waals surface area contributed by atoms with Crippen LogP contribution in [0.4, 0.5) is 11.4 Å². The average Bonchev–Trinajstić information content (AvgIpc) is 2.73. The molecule has 0 atom stereocenters. The molecule has 150 valence electrons. The van der Waals surface area contributed by atoms with E-state index in [1.54, 1.807) is 30.6 Å². The summed E-state index contributed by atoms with van der Waals surface area (Å²) < 4.78 is 1.17. The van der Waals surface area contributed by atoms with Crippen LogP contribution in [0.2, 0.25) is 0 Å². The number of nitrogens with one attached hydrogen (secondary N) is 1. The molecule has 0 aliphatic carbocycles. The second kappa shape index (κ2) is 9.14. The van der Waals surface area contributed by atoms with Gasteiger partial charge in [0.25, 0.3) is 5.56 Å². The number of hydrogen-bond donors (Lipinski definition) is 1. The molecule has 2 heterocycles. The van der Waals surface area contributed by atoms with Crippen molar-refractivity contribution in [1.29, 1.82) is 0 Å². The molecule has 29 heavy (non-hydrogen) atoms. The van der Waals surface area contributed by atoms with Crippen molar-refractivity contribution >= 4 is 17.3 Å². The summed E-state index contributed by atoms with van der Waals surface area (Å²) in [5.74, 6) is -0.301. The van der Waals surface area contributed by atoms with Crippen molar-refractivity contribution in [1.82, 2.24) is 14.8 Å². The molecule has 0 aliphatic rings. The lowest BCUT2D eigenvalue weighted by molar-refractivity contribution is -0.117. The topological polar surface area (TPSA) is 80.1 Å². The molecule has 0 unspecified atom stereocenters. The summed E-state index contributed by atoms with van der Waals surface area (Å²) in [4.78, 5) is 30.9. The number of aromatic nitrogens is 3. The van der Waals surface area contributed by atoms with E-state index in [2.05, 4.69) is 40.2 Å². The number of carbonyl (C=O) groups excluding carboxylic acids is 1. The predicted molar refractivity (Wildman–Crippen MR) is 115 cm³/mol. The van der Waals surface area contributed by atoms with Gasteiger partial charge >= 0.3 is 0 Å². The van der Waals surface area contributed by atoms with Crippen LogP contribution in [0.3, 0.4) is 0 Å². The van der Waals surface area contributed by atoms with Gasteiger partial charge in [0.2, 0.25) is 5.91 Å². The molecule has 0 fully saturated rings. The van der Waals surface area contributed by atoms with E-state index in [1.807, 2.05) is 19.1 Å². The lowest BCUT2D eigenvalue weighted by Crippen LogP contribution is -2.29. The molecule has 7 heteroatoms. The molecule has 3 aromatic rings. The minimum absolute atomic E-state index is 0.158. The van der Waals surface area contributed by atoms with E-state index in [9.17, 15) is 9.59 Å². The Balaban J connectivity index is 1.75. The number of nitrogens with zero attached hydrogens (tertiary/aromatic N) is 4. The van der Waals surface area contributed by atoms with Gasteiger partial charge in [0.05, 0.1) is 5.69 Å². The normalized spacial score (nSPS) is 10.6. The van der Waals surface area contributed by atoms with Gasteiger partial charge < -0.3 is 10.2 Å². The monoisotopic (exact) mass is 391 g/mol. The van der Waals surface area contributed by atoms with Crippen LogP contribution >= 0.6 is 0 Å². The maximum absolute atomic E-state index is 12.5. The Bertz CT molecular complexity index is 1040. The largest absolute Gasteiger partial charge is 0.372 e. The zero-order chi connectivity index (χ0) is 20.8. The van der Waals surface area contributed by atoms with Crippen LogP contribution in [-0.2, 0) is 11.3 Å². The third-order valence-electron chi connectivity index (χ3n) is 4.75. The smallest absolute Gasteiger partial charge is 0.267 e. The Morgan fingerprint density at radius 3 is 2.45 bits per heavy atom. The highest BCUT2D eigenvalue weighted by Crippen LogP contribution is 2.22. The van der Waals surface area contributed by atoms with Crippen molar-refractivity contribution in [2.24, 2.45) is 0 Å². The van der Waals surface area contributed by atoms with Gasteiger partial charge in [-0.15, -0.1) is 0 Å². The van der Waals surface area contributed by atoms with Gasteiger partial charge in [-0.3, -0.25) is 14.6 Å². The lowest BCUT2D eigenvalue weighted by Gasteiger charge is -2.22. The third-order valence-corrected chi connectivity index (χ3v) is 4.75. The molecule has 0 bridgehead atoms. The Morgan fingerprint density at radius 2 is 1.79 bits per heavy atom. The zero-order valence-corrected chi connectivity index (χ0v) is 16.9. The second-order valence-corrected chi connectivity index (χ2v) is 6.67. The van der Waals surface area contributed by atoms with Crippen LogP contribution in [-0.4, -0.2) is 33.8 Å². The van der Waals surface area contributed by atoms with E-state index < -0.39 is 0 Å². The summed E-state index contributed by atoms with van der Waals surface area (Å²) >= 11 is 0.